The fraction of sp³-hybridized carbons (Fsp3) is 0.250. The Bertz CT molecular complexity index is 1330. The van der Waals surface area contributed by atoms with Crippen LogP contribution in [0.15, 0.2) is 47.3 Å². The molecule has 31 heavy (non-hydrogen) atoms. The number of benzene rings is 2. The van der Waals surface area contributed by atoms with E-state index >= 15 is 0 Å². The molecule has 0 unspecified atom stereocenters. The average Bonchev–Trinajstić information content (AvgIpc) is 3.17. The van der Waals surface area contributed by atoms with Crippen LogP contribution >= 0.6 is 11.3 Å². The first-order chi connectivity index (χ1) is 15.1. The summed E-state index contributed by atoms with van der Waals surface area (Å²) >= 11 is 1.62. The standard InChI is InChI=1S/C24H21FN2O3S/c1-29-19-12-14(10-11-18(19)30-13-15-6-2-4-8-17(15)25)22-26-23(28)21-16-7-3-5-9-20(16)31-24(21)27-22/h2,4,6,8,10-12H,3,5,7,9,13H2,1H3,(H,26,27,28). The van der Waals surface area contributed by atoms with Gasteiger partial charge in [-0.2, -0.15) is 0 Å². The Morgan fingerprint density at radius 2 is 1.97 bits per heavy atom. The number of aromatic nitrogens is 2. The average molecular weight is 437 g/mol. The minimum atomic E-state index is -0.313. The second-order valence-corrected chi connectivity index (χ2v) is 8.63. The van der Waals surface area contributed by atoms with Gasteiger partial charge in [-0.3, -0.25) is 4.79 Å². The molecule has 0 aliphatic heterocycles. The van der Waals surface area contributed by atoms with Crippen molar-refractivity contribution in [3.63, 3.8) is 0 Å². The number of nitrogens with one attached hydrogen (secondary N) is 1. The first-order valence-electron chi connectivity index (χ1n) is 10.2. The SMILES string of the molecule is COc1cc(-c2nc3sc4c(c3c(=O)[nH]2)CCCC4)ccc1OCc1ccccc1F. The molecule has 0 bridgehead atoms. The van der Waals surface area contributed by atoms with Gasteiger partial charge in [0.2, 0.25) is 0 Å². The molecule has 2 aromatic carbocycles. The van der Waals surface area contributed by atoms with Crippen molar-refractivity contribution in [2.24, 2.45) is 0 Å². The minimum absolute atomic E-state index is 0.0875. The van der Waals surface area contributed by atoms with Crippen molar-refractivity contribution in [3.8, 4) is 22.9 Å². The van der Waals surface area contributed by atoms with Crippen LogP contribution in [0.2, 0.25) is 0 Å². The molecule has 2 aromatic heterocycles. The molecule has 1 aliphatic rings. The molecule has 1 aliphatic carbocycles. The smallest absolute Gasteiger partial charge is 0.260 e. The van der Waals surface area contributed by atoms with Crippen molar-refractivity contribution in [3.05, 3.63) is 74.6 Å². The summed E-state index contributed by atoms with van der Waals surface area (Å²) < 4.78 is 25.1. The van der Waals surface area contributed by atoms with Crippen LogP contribution in [0.3, 0.4) is 0 Å². The van der Waals surface area contributed by atoms with Crippen LogP contribution in [0.5, 0.6) is 11.5 Å². The zero-order chi connectivity index (χ0) is 21.4. The van der Waals surface area contributed by atoms with Crippen LogP contribution in [-0.2, 0) is 19.4 Å². The summed E-state index contributed by atoms with van der Waals surface area (Å²) in [7, 11) is 1.54. The Hall–Kier alpha value is -3.19. The molecule has 1 N–H and O–H groups in total. The van der Waals surface area contributed by atoms with Gasteiger partial charge in [0.25, 0.3) is 5.56 Å². The highest BCUT2D eigenvalue weighted by molar-refractivity contribution is 7.18. The van der Waals surface area contributed by atoms with E-state index in [4.69, 9.17) is 14.5 Å². The van der Waals surface area contributed by atoms with E-state index in [9.17, 15) is 9.18 Å². The Morgan fingerprint density at radius 3 is 2.81 bits per heavy atom. The van der Waals surface area contributed by atoms with E-state index in [2.05, 4.69) is 4.98 Å². The van der Waals surface area contributed by atoms with Gasteiger partial charge in [-0.1, -0.05) is 18.2 Å². The van der Waals surface area contributed by atoms with Gasteiger partial charge in [0, 0.05) is 16.0 Å². The van der Waals surface area contributed by atoms with Gasteiger partial charge in [0.15, 0.2) is 11.5 Å². The molecule has 0 atom stereocenters. The molecule has 158 valence electrons. The number of aromatic amines is 1. The van der Waals surface area contributed by atoms with E-state index in [0.717, 1.165) is 41.5 Å². The highest BCUT2D eigenvalue weighted by Crippen LogP contribution is 2.36. The largest absolute Gasteiger partial charge is 0.493 e. The second kappa shape index (κ2) is 8.15. The van der Waals surface area contributed by atoms with Crippen LogP contribution < -0.4 is 15.0 Å². The molecule has 0 fully saturated rings. The van der Waals surface area contributed by atoms with Gasteiger partial charge in [-0.15, -0.1) is 11.3 Å². The first-order valence-corrected chi connectivity index (χ1v) is 11.0. The van der Waals surface area contributed by atoms with Crippen LogP contribution in [-0.4, -0.2) is 17.1 Å². The van der Waals surface area contributed by atoms with E-state index in [-0.39, 0.29) is 18.0 Å². The second-order valence-electron chi connectivity index (χ2n) is 7.55. The maximum absolute atomic E-state index is 13.9. The number of methoxy groups -OCH3 is 1. The molecular formula is C24H21FN2O3S. The van der Waals surface area contributed by atoms with Gasteiger partial charge in [-0.05, 0) is 55.5 Å². The lowest BCUT2D eigenvalue weighted by Gasteiger charge is -2.12. The van der Waals surface area contributed by atoms with Crippen LogP contribution in [0.1, 0.15) is 28.8 Å². The molecule has 0 radical (unpaired) electrons. The van der Waals surface area contributed by atoms with Crippen molar-refractivity contribution in [2.75, 3.05) is 7.11 Å². The van der Waals surface area contributed by atoms with E-state index in [1.807, 2.05) is 6.07 Å². The number of rotatable bonds is 5. The number of fused-ring (bicyclic) bond motifs is 3. The van der Waals surface area contributed by atoms with Gasteiger partial charge in [-0.25, -0.2) is 9.37 Å². The number of hydrogen-bond donors (Lipinski definition) is 1. The Balaban J connectivity index is 1.47. The molecule has 0 saturated heterocycles. The van der Waals surface area contributed by atoms with E-state index in [0.29, 0.717) is 22.9 Å². The van der Waals surface area contributed by atoms with E-state index < -0.39 is 0 Å². The molecule has 5 nitrogen and oxygen atoms in total. The lowest BCUT2D eigenvalue weighted by Crippen LogP contribution is -2.11. The number of hydrogen-bond acceptors (Lipinski definition) is 5. The number of ether oxygens (including phenoxy) is 2. The minimum Gasteiger partial charge on any atom is -0.493 e. The van der Waals surface area contributed by atoms with Crippen molar-refractivity contribution in [1.82, 2.24) is 9.97 Å². The third-order valence-corrected chi connectivity index (χ3v) is 6.79. The molecular weight excluding hydrogens is 415 g/mol. The van der Waals surface area contributed by atoms with Gasteiger partial charge in [0.1, 0.15) is 23.1 Å². The molecule has 4 aromatic rings. The summed E-state index contributed by atoms with van der Waals surface area (Å²) in [6.07, 6.45) is 4.25. The number of H-pyrrole nitrogens is 1. The normalized spacial score (nSPS) is 13.2. The third-order valence-electron chi connectivity index (χ3n) is 5.60. The number of nitrogens with zero attached hydrogens (tertiary/aromatic N) is 1. The highest BCUT2D eigenvalue weighted by atomic mass is 32.1. The number of thiophene rings is 1. The summed E-state index contributed by atoms with van der Waals surface area (Å²) in [6, 6.07) is 11.8. The number of halogens is 1. The lowest BCUT2D eigenvalue weighted by molar-refractivity contribution is 0.280. The third kappa shape index (κ3) is 3.70. The van der Waals surface area contributed by atoms with Gasteiger partial charge < -0.3 is 14.5 Å². The van der Waals surface area contributed by atoms with Crippen LogP contribution in [0, 0.1) is 5.82 Å². The van der Waals surface area contributed by atoms with Crippen molar-refractivity contribution < 1.29 is 13.9 Å². The van der Waals surface area contributed by atoms with E-state index in [1.165, 1.54) is 16.5 Å². The van der Waals surface area contributed by atoms with Gasteiger partial charge >= 0.3 is 0 Å². The van der Waals surface area contributed by atoms with E-state index in [1.54, 1.807) is 48.8 Å². The lowest BCUT2D eigenvalue weighted by atomic mass is 9.97. The predicted molar refractivity (Wildman–Crippen MR) is 120 cm³/mol. The van der Waals surface area contributed by atoms with Crippen molar-refractivity contribution in [2.45, 2.75) is 32.3 Å². The van der Waals surface area contributed by atoms with Crippen molar-refractivity contribution >= 4 is 21.6 Å². The molecule has 0 amide bonds. The fourth-order valence-corrected chi connectivity index (χ4v) is 5.27. The summed E-state index contributed by atoms with van der Waals surface area (Å²) in [5.74, 6) is 1.16. The predicted octanol–water partition coefficient (Wildman–Crippen LogP) is 5.26. The Morgan fingerprint density at radius 1 is 1.13 bits per heavy atom. The molecule has 5 rings (SSSR count). The summed E-state index contributed by atoms with van der Waals surface area (Å²) in [4.78, 5) is 22.6. The zero-order valence-electron chi connectivity index (χ0n) is 17.0. The number of aryl methyl sites for hydroxylation is 2. The fourth-order valence-electron chi connectivity index (χ4n) is 4.01. The summed E-state index contributed by atoms with van der Waals surface area (Å²) in [5, 5.41) is 0.736. The monoisotopic (exact) mass is 436 g/mol. The Labute approximate surface area is 182 Å². The van der Waals surface area contributed by atoms with Crippen molar-refractivity contribution in [1.29, 1.82) is 0 Å². The highest BCUT2D eigenvalue weighted by Gasteiger charge is 2.20. The molecule has 2 heterocycles. The topological polar surface area (TPSA) is 64.2 Å². The zero-order valence-corrected chi connectivity index (χ0v) is 17.9. The maximum Gasteiger partial charge on any atom is 0.260 e. The van der Waals surface area contributed by atoms with Gasteiger partial charge in [0.05, 0.1) is 12.5 Å². The molecule has 0 spiro atoms. The molecule has 0 saturated carbocycles. The summed E-state index contributed by atoms with van der Waals surface area (Å²) in [5.41, 5.74) is 2.26. The maximum atomic E-state index is 13.9. The molecule has 7 heteroatoms. The van der Waals surface area contributed by atoms with Crippen LogP contribution in [0.25, 0.3) is 21.6 Å². The Kier molecular flexibility index (Phi) is 5.19. The van der Waals surface area contributed by atoms with Crippen LogP contribution in [0.4, 0.5) is 4.39 Å². The quantitative estimate of drug-likeness (QED) is 0.464. The first kappa shape index (κ1) is 19.8. The summed E-state index contributed by atoms with van der Waals surface area (Å²) in [6.45, 7) is 0.0875.